The molecule has 3 aromatic rings. The molecular formula is C22H33IN6O. The summed E-state index contributed by atoms with van der Waals surface area (Å²) in [5.74, 6) is 3.04. The van der Waals surface area contributed by atoms with Crippen molar-refractivity contribution in [2.45, 2.75) is 59.5 Å². The van der Waals surface area contributed by atoms with E-state index in [9.17, 15) is 0 Å². The lowest BCUT2D eigenvalue weighted by Crippen LogP contribution is -2.38. The van der Waals surface area contributed by atoms with Crippen molar-refractivity contribution in [1.82, 2.24) is 25.3 Å². The number of hydrogen-bond acceptors (Lipinski definition) is 4. The number of hydrogen-bond donors (Lipinski definition) is 2. The average Bonchev–Trinajstić information content (AvgIpc) is 3.31. The molecule has 0 atom stereocenters. The van der Waals surface area contributed by atoms with Gasteiger partial charge in [0.15, 0.2) is 11.7 Å². The molecular weight excluding hydrogens is 491 g/mol. The number of nitrogens with one attached hydrogen (secondary N) is 2. The minimum Gasteiger partial charge on any atom is -0.359 e. The van der Waals surface area contributed by atoms with Gasteiger partial charge in [0.25, 0.3) is 0 Å². The van der Waals surface area contributed by atoms with Gasteiger partial charge in [0, 0.05) is 31.6 Å². The number of para-hydroxylation sites is 2. The molecule has 2 N–H and O–H groups in total. The maximum Gasteiger partial charge on any atom is 0.191 e. The third-order valence-electron chi connectivity index (χ3n) is 5.19. The van der Waals surface area contributed by atoms with Crippen LogP contribution in [0.5, 0.6) is 0 Å². The van der Waals surface area contributed by atoms with Crippen LogP contribution in [0, 0.1) is 6.92 Å². The smallest absolute Gasteiger partial charge is 0.191 e. The Morgan fingerprint density at radius 2 is 1.93 bits per heavy atom. The first kappa shape index (κ1) is 24.2. The summed E-state index contributed by atoms with van der Waals surface area (Å²) in [5.41, 5.74) is 3.22. The van der Waals surface area contributed by atoms with E-state index in [1.54, 1.807) is 0 Å². The zero-order chi connectivity index (χ0) is 20.6. The molecule has 0 aliphatic heterocycles. The van der Waals surface area contributed by atoms with Gasteiger partial charge in [0.2, 0.25) is 0 Å². The highest BCUT2D eigenvalue weighted by molar-refractivity contribution is 14.0. The number of aryl methyl sites for hydroxylation is 1. The molecule has 3 rings (SSSR count). The molecule has 0 bridgehead atoms. The van der Waals surface area contributed by atoms with Crippen molar-refractivity contribution < 1.29 is 4.52 Å². The predicted molar refractivity (Wildman–Crippen MR) is 133 cm³/mol. The molecule has 0 aliphatic carbocycles. The fraction of sp³-hybridized carbons (Fsp3) is 0.500. The molecule has 0 saturated heterocycles. The van der Waals surface area contributed by atoms with E-state index in [1.165, 1.54) is 0 Å². The second-order valence-electron chi connectivity index (χ2n) is 7.15. The van der Waals surface area contributed by atoms with Crippen LogP contribution in [-0.2, 0) is 13.1 Å². The summed E-state index contributed by atoms with van der Waals surface area (Å²) in [6, 6.07) is 10.3. The summed E-state index contributed by atoms with van der Waals surface area (Å²) in [6.07, 6.45) is 2.14. The molecule has 0 aliphatic rings. The van der Waals surface area contributed by atoms with Crippen LogP contribution in [0.2, 0.25) is 0 Å². The quantitative estimate of drug-likeness (QED) is 0.243. The standard InChI is InChI=1S/C22H32N6O.HI/c1-5-17(6-2)20-14-18(29-27-20)15-25-22(23-7-3)24-12-13-28-16(4)26-19-10-8-9-11-21(19)28;/h8-11,14,17H,5-7,12-13,15H2,1-4H3,(H2,23,24,25);1H. The largest absolute Gasteiger partial charge is 0.359 e. The number of guanidine groups is 1. The van der Waals surface area contributed by atoms with Crippen LogP contribution in [0.1, 0.15) is 56.8 Å². The van der Waals surface area contributed by atoms with Gasteiger partial charge in [0.05, 0.1) is 16.7 Å². The summed E-state index contributed by atoms with van der Waals surface area (Å²) in [6.45, 7) is 11.3. The van der Waals surface area contributed by atoms with E-state index in [0.717, 1.165) is 66.7 Å². The first-order chi connectivity index (χ1) is 14.2. The van der Waals surface area contributed by atoms with Crippen LogP contribution in [0.25, 0.3) is 11.0 Å². The number of rotatable bonds is 9. The van der Waals surface area contributed by atoms with Gasteiger partial charge in [-0.1, -0.05) is 31.1 Å². The molecule has 0 radical (unpaired) electrons. The number of halogens is 1. The molecule has 7 nitrogen and oxygen atoms in total. The second-order valence-corrected chi connectivity index (χ2v) is 7.15. The van der Waals surface area contributed by atoms with Crippen molar-refractivity contribution in [3.63, 3.8) is 0 Å². The number of fused-ring (bicyclic) bond motifs is 1. The molecule has 8 heteroatoms. The minimum atomic E-state index is 0. The molecule has 0 saturated carbocycles. The van der Waals surface area contributed by atoms with E-state index in [1.807, 2.05) is 31.2 Å². The molecule has 0 spiro atoms. The van der Waals surface area contributed by atoms with Crippen LogP contribution in [0.3, 0.4) is 0 Å². The Kier molecular flexibility index (Phi) is 9.61. The predicted octanol–water partition coefficient (Wildman–Crippen LogP) is 4.61. The normalized spacial score (nSPS) is 11.7. The minimum absolute atomic E-state index is 0. The van der Waals surface area contributed by atoms with Crippen LogP contribution in [0.15, 0.2) is 39.8 Å². The van der Waals surface area contributed by atoms with Crippen molar-refractivity contribution in [3.8, 4) is 0 Å². The van der Waals surface area contributed by atoms with Crippen molar-refractivity contribution >= 4 is 41.0 Å². The maximum absolute atomic E-state index is 5.48. The van der Waals surface area contributed by atoms with Gasteiger partial charge < -0.3 is 19.7 Å². The summed E-state index contributed by atoms with van der Waals surface area (Å²) >= 11 is 0. The summed E-state index contributed by atoms with van der Waals surface area (Å²) < 4.78 is 7.71. The number of benzene rings is 1. The molecule has 2 aromatic heterocycles. The van der Waals surface area contributed by atoms with Gasteiger partial charge in [-0.05, 0) is 38.8 Å². The average molecular weight is 524 g/mol. The monoisotopic (exact) mass is 524 g/mol. The van der Waals surface area contributed by atoms with E-state index in [2.05, 4.69) is 57.2 Å². The second kappa shape index (κ2) is 11.9. The van der Waals surface area contributed by atoms with Crippen LogP contribution in [0.4, 0.5) is 0 Å². The zero-order valence-electron chi connectivity index (χ0n) is 18.3. The van der Waals surface area contributed by atoms with E-state index >= 15 is 0 Å². The molecule has 0 fully saturated rings. The molecule has 30 heavy (non-hydrogen) atoms. The Morgan fingerprint density at radius 3 is 2.67 bits per heavy atom. The Labute approximate surface area is 195 Å². The number of aliphatic imine (C=N–C) groups is 1. The van der Waals surface area contributed by atoms with E-state index < -0.39 is 0 Å². The van der Waals surface area contributed by atoms with E-state index in [0.29, 0.717) is 12.5 Å². The molecule has 164 valence electrons. The third-order valence-corrected chi connectivity index (χ3v) is 5.19. The van der Waals surface area contributed by atoms with Crippen molar-refractivity contribution in [2.24, 2.45) is 4.99 Å². The molecule has 0 unspecified atom stereocenters. The molecule has 2 heterocycles. The van der Waals surface area contributed by atoms with Gasteiger partial charge in [-0.3, -0.25) is 0 Å². The van der Waals surface area contributed by atoms with Crippen molar-refractivity contribution in [2.75, 3.05) is 13.1 Å². The zero-order valence-corrected chi connectivity index (χ0v) is 20.6. The van der Waals surface area contributed by atoms with Crippen LogP contribution < -0.4 is 10.6 Å². The Hall–Kier alpha value is -2.10. The summed E-state index contributed by atoms with van der Waals surface area (Å²) in [7, 11) is 0. The highest BCUT2D eigenvalue weighted by Crippen LogP contribution is 2.22. The number of imidazole rings is 1. The third kappa shape index (κ3) is 5.96. The topological polar surface area (TPSA) is 80.3 Å². The molecule has 0 amide bonds. The Balaban J connectivity index is 0.00000320. The van der Waals surface area contributed by atoms with Crippen LogP contribution >= 0.6 is 24.0 Å². The van der Waals surface area contributed by atoms with Gasteiger partial charge in [-0.2, -0.15) is 0 Å². The highest BCUT2D eigenvalue weighted by Gasteiger charge is 2.13. The van der Waals surface area contributed by atoms with Crippen LogP contribution in [-0.4, -0.2) is 33.8 Å². The summed E-state index contributed by atoms with van der Waals surface area (Å²) in [5, 5.41) is 10.9. The van der Waals surface area contributed by atoms with E-state index in [4.69, 9.17) is 4.52 Å². The first-order valence-electron chi connectivity index (χ1n) is 10.6. The fourth-order valence-electron chi connectivity index (χ4n) is 3.57. The lowest BCUT2D eigenvalue weighted by molar-refractivity contribution is 0.372. The maximum atomic E-state index is 5.48. The molecule has 1 aromatic carbocycles. The van der Waals surface area contributed by atoms with E-state index in [-0.39, 0.29) is 24.0 Å². The van der Waals surface area contributed by atoms with Gasteiger partial charge in [0.1, 0.15) is 12.4 Å². The van der Waals surface area contributed by atoms with Crippen molar-refractivity contribution in [3.05, 3.63) is 47.6 Å². The number of aromatic nitrogens is 3. The van der Waals surface area contributed by atoms with Gasteiger partial charge >= 0.3 is 0 Å². The van der Waals surface area contributed by atoms with Gasteiger partial charge in [-0.25, -0.2) is 9.98 Å². The van der Waals surface area contributed by atoms with Crippen molar-refractivity contribution in [1.29, 1.82) is 0 Å². The summed E-state index contributed by atoms with van der Waals surface area (Å²) in [4.78, 5) is 9.27. The fourth-order valence-corrected chi connectivity index (χ4v) is 3.57. The van der Waals surface area contributed by atoms with Gasteiger partial charge in [-0.15, -0.1) is 24.0 Å². The Morgan fingerprint density at radius 1 is 1.17 bits per heavy atom. The number of nitrogens with zero attached hydrogens (tertiary/aromatic N) is 4. The lowest BCUT2D eigenvalue weighted by Gasteiger charge is -2.12. The lowest BCUT2D eigenvalue weighted by atomic mass is 9.99. The SMILES string of the molecule is CCNC(=NCc1cc(C(CC)CC)no1)NCCn1c(C)nc2ccccc21.I. The Bertz CT molecular complexity index is 944. The highest BCUT2D eigenvalue weighted by atomic mass is 127. The first-order valence-corrected chi connectivity index (χ1v) is 10.6.